The maximum absolute atomic E-state index is 10.8. The van der Waals surface area contributed by atoms with Gasteiger partial charge in [0.1, 0.15) is 0 Å². The predicted octanol–water partition coefficient (Wildman–Crippen LogP) is -0.994. The van der Waals surface area contributed by atoms with Gasteiger partial charge in [0, 0.05) is 6.26 Å². The predicted molar refractivity (Wildman–Crippen MR) is 47.6 cm³/mol. The first-order valence-electron chi connectivity index (χ1n) is 2.67. The first kappa shape index (κ1) is 15.3. The third kappa shape index (κ3) is 2.97. The minimum atomic E-state index is -4.55. The number of hydrogen-bond acceptors (Lipinski definition) is 4. The van der Waals surface area contributed by atoms with E-state index in [0.717, 1.165) is 20.1 Å². The van der Waals surface area contributed by atoms with Crippen molar-refractivity contribution in [2.45, 2.75) is 17.9 Å². The van der Waals surface area contributed by atoms with Gasteiger partial charge in [0.05, 0.1) is 0 Å². The zero-order valence-corrected chi connectivity index (χ0v) is 8.03. The van der Waals surface area contributed by atoms with Gasteiger partial charge >= 0.3 is 29.6 Å². The van der Waals surface area contributed by atoms with Gasteiger partial charge in [0.25, 0.3) is 10.1 Å². The van der Waals surface area contributed by atoms with Gasteiger partial charge in [0.15, 0.2) is 13.9 Å². The van der Waals surface area contributed by atoms with Gasteiger partial charge < -0.3 is 0 Å². The summed E-state index contributed by atoms with van der Waals surface area (Å²) in [6, 6.07) is 0. The summed E-state index contributed by atoms with van der Waals surface area (Å²) in [5.74, 6) is 0. The van der Waals surface area contributed by atoms with E-state index in [1.807, 2.05) is 0 Å². The van der Waals surface area contributed by atoms with Crippen LogP contribution in [0.3, 0.4) is 0 Å². The number of hydrogen-bond donors (Lipinski definition) is 1. The van der Waals surface area contributed by atoms with E-state index in [4.69, 9.17) is 4.55 Å². The second kappa shape index (κ2) is 3.93. The molecule has 70 valence electrons. The van der Waals surface area contributed by atoms with E-state index in [2.05, 4.69) is 0 Å². The zero-order chi connectivity index (χ0) is 9.50. The van der Waals surface area contributed by atoms with Crippen LogP contribution in [-0.2, 0) is 20.0 Å². The van der Waals surface area contributed by atoms with E-state index < -0.39 is 24.0 Å². The van der Waals surface area contributed by atoms with Crippen LogP contribution in [0.4, 0.5) is 0 Å². The molecule has 0 aliphatic rings. The van der Waals surface area contributed by atoms with Gasteiger partial charge in [-0.25, -0.2) is 8.42 Å². The normalized spacial score (nSPS) is 13.7. The van der Waals surface area contributed by atoms with Crippen LogP contribution in [0.5, 0.6) is 0 Å². The zero-order valence-electron chi connectivity index (χ0n) is 6.40. The molecule has 0 radical (unpaired) electrons. The molecule has 12 heavy (non-hydrogen) atoms. The van der Waals surface area contributed by atoms with Gasteiger partial charge in [-0.05, 0) is 13.8 Å². The second-order valence-corrected chi connectivity index (χ2v) is 7.44. The Kier molecular flexibility index (Phi) is 5.03. The van der Waals surface area contributed by atoms with Crippen molar-refractivity contribution in [1.29, 1.82) is 0 Å². The monoisotopic (exact) mass is 226 g/mol. The average Bonchev–Trinajstić information content (AvgIpc) is 1.58. The maximum atomic E-state index is 10.8. The Hall–Kier alpha value is 0.860. The van der Waals surface area contributed by atoms with Crippen molar-refractivity contribution in [2.75, 3.05) is 6.26 Å². The van der Waals surface area contributed by atoms with Gasteiger partial charge in [-0.2, -0.15) is 8.42 Å². The van der Waals surface area contributed by atoms with Crippen molar-refractivity contribution in [3.05, 3.63) is 0 Å². The Bertz CT molecular complexity index is 304. The quantitative estimate of drug-likeness (QED) is 0.482. The first-order chi connectivity index (χ1) is 4.50. The Morgan fingerprint density at radius 3 is 1.33 bits per heavy atom. The minimum absolute atomic E-state index is 0. The van der Waals surface area contributed by atoms with E-state index >= 15 is 0 Å². The van der Waals surface area contributed by atoms with Crippen LogP contribution in [0.15, 0.2) is 0 Å². The molecule has 0 aromatic rings. The van der Waals surface area contributed by atoms with Crippen molar-refractivity contribution in [3.8, 4) is 0 Å². The molecule has 0 saturated heterocycles. The topological polar surface area (TPSA) is 88.5 Å². The van der Waals surface area contributed by atoms with Crippen LogP contribution in [0, 0.1) is 0 Å². The molecule has 1 N–H and O–H groups in total. The van der Waals surface area contributed by atoms with Gasteiger partial charge in [-0.3, -0.25) is 4.55 Å². The molecule has 0 amide bonds. The van der Waals surface area contributed by atoms with Gasteiger partial charge in [-0.1, -0.05) is 0 Å². The van der Waals surface area contributed by atoms with Crippen molar-refractivity contribution >= 4 is 49.5 Å². The Balaban J connectivity index is 0. The molecular formula is C4H11NaO5S2. The molecule has 0 atom stereocenters. The van der Waals surface area contributed by atoms with E-state index in [0.29, 0.717) is 0 Å². The molecule has 8 heteroatoms. The summed E-state index contributed by atoms with van der Waals surface area (Å²) in [6.45, 7) is 1.86. The molecular weight excluding hydrogens is 215 g/mol. The molecule has 0 fully saturated rings. The average molecular weight is 226 g/mol. The fraction of sp³-hybridized carbons (Fsp3) is 1.00. The van der Waals surface area contributed by atoms with Crippen molar-refractivity contribution in [1.82, 2.24) is 0 Å². The molecule has 0 spiro atoms. The van der Waals surface area contributed by atoms with E-state index in [-0.39, 0.29) is 29.6 Å². The summed E-state index contributed by atoms with van der Waals surface area (Å²) >= 11 is 0. The summed E-state index contributed by atoms with van der Waals surface area (Å²) in [4.78, 5) is 0. The summed E-state index contributed by atoms with van der Waals surface area (Å²) < 4.78 is 48.8. The second-order valence-electron chi connectivity index (χ2n) is 2.65. The number of sulfone groups is 1. The summed E-state index contributed by atoms with van der Waals surface area (Å²) in [7, 11) is -8.35. The summed E-state index contributed by atoms with van der Waals surface area (Å²) in [5, 5.41) is 0. The van der Waals surface area contributed by atoms with Gasteiger partial charge in [0.2, 0.25) is 0 Å². The van der Waals surface area contributed by atoms with E-state index in [1.165, 1.54) is 0 Å². The Labute approximate surface area is 94.5 Å². The molecule has 5 nitrogen and oxygen atoms in total. The van der Waals surface area contributed by atoms with Crippen LogP contribution in [0.25, 0.3) is 0 Å². The van der Waals surface area contributed by atoms with Crippen molar-refractivity contribution < 1.29 is 21.4 Å². The summed E-state index contributed by atoms with van der Waals surface area (Å²) in [6.07, 6.45) is 0.751. The van der Waals surface area contributed by atoms with Crippen molar-refractivity contribution in [2.24, 2.45) is 0 Å². The first-order valence-corrected chi connectivity index (χ1v) is 6.00. The SMILES string of the molecule is CC(C)(S(C)(=O)=O)S(=O)(=O)O.[NaH]. The molecule has 0 bridgehead atoms. The molecule has 0 unspecified atom stereocenters. The molecule has 0 saturated carbocycles. The standard InChI is InChI=1S/C4H10O5S2.Na.H/c1-4(2,10(3,5)6)11(7,8)9;;/h1-3H3,(H,7,8,9);;. The van der Waals surface area contributed by atoms with Crippen LogP contribution in [0.2, 0.25) is 0 Å². The van der Waals surface area contributed by atoms with E-state index in [9.17, 15) is 16.8 Å². The van der Waals surface area contributed by atoms with Crippen LogP contribution in [0.1, 0.15) is 13.8 Å². The summed E-state index contributed by atoms with van der Waals surface area (Å²) in [5.41, 5.74) is 0. The van der Waals surface area contributed by atoms with Crippen LogP contribution in [-0.4, -0.2) is 61.3 Å². The fourth-order valence-corrected chi connectivity index (χ4v) is 1.72. The van der Waals surface area contributed by atoms with Crippen LogP contribution < -0.4 is 0 Å². The van der Waals surface area contributed by atoms with Crippen molar-refractivity contribution in [3.63, 3.8) is 0 Å². The van der Waals surface area contributed by atoms with Crippen LogP contribution >= 0.6 is 0 Å². The fourth-order valence-electron chi connectivity index (χ4n) is 0.191. The molecule has 0 aromatic carbocycles. The third-order valence-corrected chi connectivity index (χ3v) is 6.08. The molecule has 0 heterocycles. The molecule has 0 aliphatic carbocycles. The molecule has 0 aromatic heterocycles. The Morgan fingerprint density at radius 1 is 1.08 bits per heavy atom. The molecule has 0 aliphatic heterocycles. The van der Waals surface area contributed by atoms with E-state index in [1.54, 1.807) is 0 Å². The van der Waals surface area contributed by atoms with Gasteiger partial charge in [-0.15, -0.1) is 0 Å². The number of rotatable bonds is 2. The Morgan fingerprint density at radius 2 is 1.33 bits per heavy atom. The third-order valence-electron chi connectivity index (χ3n) is 1.51. The molecule has 0 rings (SSSR count).